The molecule has 7 heteroatoms. The number of carbonyl (C=O) groups excluding carboxylic acids is 1. The predicted octanol–water partition coefficient (Wildman–Crippen LogP) is 3.22. The molecule has 0 aromatic heterocycles. The molecule has 1 aromatic rings. The van der Waals surface area contributed by atoms with Crippen LogP contribution >= 0.6 is 0 Å². The molecule has 0 bridgehead atoms. The highest BCUT2D eigenvalue weighted by atomic mass is 16.6. The number of hydrogen-bond donors (Lipinski definition) is 3. The third-order valence-corrected chi connectivity index (χ3v) is 3.40. The first-order valence-corrected chi connectivity index (χ1v) is 9.66. The first-order chi connectivity index (χ1) is 13.4. The van der Waals surface area contributed by atoms with Gasteiger partial charge in [-0.25, -0.2) is 9.79 Å². The topological polar surface area (TPSA) is 84.0 Å². The van der Waals surface area contributed by atoms with Gasteiger partial charge in [-0.05, 0) is 40.2 Å². The van der Waals surface area contributed by atoms with E-state index in [4.69, 9.17) is 9.47 Å². The second kappa shape index (κ2) is 12.6. The zero-order valence-electron chi connectivity index (χ0n) is 17.5. The first kappa shape index (κ1) is 23.3. The van der Waals surface area contributed by atoms with Crippen molar-refractivity contribution in [3.05, 3.63) is 42.5 Å². The number of para-hydroxylation sites is 1. The number of rotatable bonds is 10. The molecule has 0 atom stereocenters. The third kappa shape index (κ3) is 10.4. The number of carbonyl (C=O) groups is 1. The van der Waals surface area contributed by atoms with Crippen molar-refractivity contribution < 1.29 is 14.3 Å². The fourth-order valence-corrected chi connectivity index (χ4v) is 2.23. The van der Waals surface area contributed by atoms with Gasteiger partial charge in [-0.1, -0.05) is 30.9 Å². The fraction of sp³-hybridized carbons (Fsp3) is 0.524. The maximum Gasteiger partial charge on any atom is 0.407 e. The maximum absolute atomic E-state index is 11.6. The van der Waals surface area contributed by atoms with E-state index in [1.807, 2.05) is 52.0 Å². The molecule has 1 aromatic carbocycles. The average Bonchev–Trinajstić information content (AvgIpc) is 2.63. The molecule has 0 fully saturated rings. The van der Waals surface area contributed by atoms with Gasteiger partial charge in [0, 0.05) is 25.2 Å². The smallest absolute Gasteiger partial charge is 0.407 e. The standard InChI is InChI=1S/C21H34N4O3/c1-6-15-27-18-12-9-8-11-17(18)16-25-19(22-7-2)23-13-10-14-24-20(26)28-21(3,4)5/h6,8-9,11-12H,1,7,10,13-16H2,2-5H3,(H,24,26)(H2,22,23,25). The second-order valence-corrected chi connectivity index (χ2v) is 7.11. The van der Waals surface area contributed by atoms with Gasteiger partial charge >= 0.3 is 6.09 Å². The van der Waals surface area contributed by atoms with Crippen molar-refractivity contribution >= 4 is 12.1 Å². The maximum atomic E-state index is 11.6. The van der Waals surface area contributed by atoms with Crippen LogP contribution in [-0.2, 0) is 11.3 Å². The van der Waals surface area contributed by atoms with E-state index in [0.29, 0.717) is 26.2 Å². The van der Waals surface area contributed by atoms with Gasteiger partial charge in [0.05, 0.1) is 6.54 Å². The van der Waals surface area contributed by atoms with E-state index in [0.717, 1.165) is 30.2 Å². The minimum Gasteiger partial charge on any atom is -0.489 e. The van der Waals surface area contributed by atoms with Crippen LogP contribution in [0.1, 0.15) is 39.7 Å². The van der Waals surface area contributed by atoms with Crippen LogP contribution in [0.25, 0.3) is 0 Å². The van der Waals surface area contributed by atoms with Gasteiger partial charge in [0.2, 0.25) is 0 Å². The van der Waals surface area contributed by atoms with Crippen molar-refractivity contribution in [2.24, 2.45) is 4.99 Å². The van der Waals surface area contributed by atoms with Gasteiger partial charge in [-0.2, -0.15) is 0 Å². The zero-order chi connectivity index (χ0) is 20.8. The lowest BCUT2D eigenvalue weighted by Gasteiger charge is -2.19. The van der Waals surface area contributed by atoms with Crippen LogP contribution in [0.3, 0.4) is 0 Å². The molecule has 0 aliphatic rings. The number of nitrogens with one attached hydrogen (secondary N) is 3. The first-order valence-electron chi connectivity index (χ1n) is 9.66. The van der Waals surface area contributed by atoms with Crippen LogP contribution in [0.2, 0.25) is 0 Å². The monoisotopic (exact) mass is 390 g/mol. The highest BCUT2D eigenvalue weighted by molar-refractivity contribution is 5.79. The van der Waals surface area contributed by atoms with Crippen LogP contribution in [0.15, 0.2) is 41.9 Å². The molecule has 1 rings (SSSR count). The van der Waals surface area contributed by atoms with Crippen molar-refractivity contribution in [2.75, 3.05) is 26.2 Å². The minimum atomic E-state index is -0.487. The number of alkyl carbamates (subject to hydrolysis) is 1. The molecular weight excluding hydrogens is 356 g/mol. The molecule has 0 aliphatic heterocycles. The molecule has 0 aliphatic carbocycles. The molecule has 0 saturated carbocycles. The molecule has 7 nitrogen and oxygen atoms in total. The Morgan fingerprint density at radius 1 is 1.18 bits per heavy atom. The number of hydrogen-bond acceptors (Lipinski definition) is 4. The van der Waals surface area contributed by atoms with Crippen LogP contribution in [0.5, 0.6) is 5.75 Å². The molecule has 156 valence electrons. The van der Waals surface area contributed by atoms with E-state index < -0.39 is 11.7 Å². The third-order valence-electron chi connectivity index (χ3n) is 3.40. The summed E-state index contributed by atoms with van der Waals surface area (Å²) >= 11 is 0. The van der Waals surface area contributed by atoms with Crippen molar-refractivity contribution in [1.82, 2.24) is 16.0 Å². The summed E-state index contributed by atoms with van der Waals surface area (Å²) < 4.78 is 10.9. The Kier molecular flexibility index (Phi) is 10.5. The molecule has 0 spiro atoms. The Balaban J connectivity index is 2.46. The number of aliphatic imine (C=N–C) groups is 1. The number of nitrogens with zero attached hydrogens (tertiary/aromatic N) is 1. The van der Waals surface area contributed by atoms with Crippen molar-refractivity contribution in [1.29, 1.82) is 0 Å². The number of benzene rings is 1. The summed E-state index contributed by atoms with van der Waals surface area (Å²) in [5.74, 6) is 1.53. The summed E-state index contributed by atoms with van der Waals surface area (Å²) in [5.41, 5.74) is 0.520. The van der Waals surface area contributed by atoms with Crippen LogP contribution < -0.4 is 20.7 Å². The molecule has 0 heterocycles. The van der Waals surface area contributed by atoms with Crippen molar-refractivity contribution in [2.45, 2.75) is 46.3 Å². The molecule has 0 saturated heterocycles. The fourth-order valence-electron chi connectivity index (χ4n) is 2.23. The van der Waals surface area contributed by atoms with E-state index >= 15 is 0 Å². The Bertz CT molecular complexity index is 639. The van der Waals surface area contributed by atoms with Gasteiger partial charge < -0.3 is 25.4 Å². The van der Waals surface area contributed by atoms with E-state index in [9.17, 15) is 4.79 Å². The molecule has 3 N–H and O–H groups in total. The number of ether oxygens (including phenoxy) is 2. The van der Waals surface area contributed by atoms with Gasteiger partial charge in [0.15, 0.2) is 5.96 Å². The van der Waals surface area contributed by atoms with E-state index in [2.05, 4.69) is 27.5 Å². The SMILES string of the molecule is C=CCOc1ccccc1CN=C(NCC)NCCCNC(=O)OC(C)(C)C. The Labute approximate surface area is 168 Å². The second-order valence-electron chi connectivity index (χ2n) is 7.11. The van der Waals surface area contributed by atoms with Gasteiger partial charge in [0.25, 0.3) is 0 Å². The molecule has 0 radical (unpaired) electrons. The summed E-state index contributed by atoms with van der Waals surface area (Å²) in [6, 6.07) is 7.83. The normalized spacial score (nSPS) is 11.5. The summed E-state index contributed by atoms with van der Waals surface area (Å²) in [6.45, 7) is 14.1. The highest BCUT2D eigenvalue weighted by Gasteiger charge is 2.15. The molecular formula is C21H34N4O3. The summed E-state index contributed by atoms with van der Waals surface area (Å²) in [4.78, 5) is 16.2. The number of guanidine groups is 1. The zero-order valence-corrected chi connectivity index (χ0v) is 17.5. The largest absolute Gasteiger partial charge is 0.489 e. The summed E-state index contributed by atoms with van der Waals surface area (Å²) in [7, 11) is 0. The van der Waals surface area contributed by atoms with E-state index in [1.54, 1.807) is 6.08 Å². The van der Waals surface area contributed by atoms with Gasteiger partial charge in [-0.15, -0.1) is 0 Å². The lowest BCUT2D eigenvalue weighted by Crippen LogP contribution is -2.39. The van der Waals surface area contributed by atoms with Gasteiger partial charge in [0.1, 0.15) is 18.0 Å². The average molecular weight is 391 g/mol. The molecule has 1 amide bonds. The van der Waals surface area contributed by atoms with Crippen LogP contribution in [0.4, 0.5) is 4.79 Å². The van der Waals surface area contributed by atoms with Crippen LogP contribution in [0, 0.1) is 0 Å². The Morgan fingerprint density at radius 3 is 2.57 bits per heavy atom. The van der Waals surface area contributed by atoms with Crippen molar-refractivity contribution in [3.8, 4) is 5.75 Å². The summed E-state index contributed by atoms with van der Waals surface area (Å²) in [6.07, 6.45) is 2.07. The minimum absolute atomic E-state index is 0.399. The van der Waals surface area contributed by atoms with Crippen LogP contribution in [-0.4, -0.2) is 43.9 Å². The summed E-state index contributed by atoms with van der Waals surface area (Å²) in [5, 5.41) is 9.23. The lowest BCUT2D eigenvalue weighted by molar-refractivity contribution is 0.0527. The van der Waals surface area contributed by atoms with E-state index in [1.165, 1.54) is 0 Å². The Hall–Kier alpha value is -2.70. The highest BCUT2D eigenvalue weighted by Crippen LogP contribution is 2.18. The lowest BCUT2D eigenvalue weighted by atomic mass is 10.2. The number of amides is 1. The van der Waals surface area contributed by atoms with Gasteiger partial charge in [-0.3, -0.25) is 0 Å². The van der Waals surface area contributed by atoms with Crippen molar-refractivity contribution in [3.63, 3.8) is 0 Å². The molecule has 28 heavy (non-hydrogen) atoms. The van der Waals surface area contributed by atoms with E-state index in [-0.39, 0.29) is 0 Å². The Morgan fingerprint density at radius 2 is 1.89 bits per heavy atom. The predicted molar refractivity (Wildman–Crippen MR) is 114 cm³/mol. The quantitative estimate of drug-likeness (QED) is 0.247. The molecule has 0 unspecified atom stereocenters.